The maximum absolute atomic E-state index is 13.4. The van der Waals surface area contributed by atoms with Gasteiger partial charge in [-0.2, -0.15) is 13.2 Å². The number of piperidine rings is 1. The molecule has 0 bridgehead atoms. The third kappa shape index (κ3) is 3.99. The number of hydrogen-bond acceptors (Lipinski definition) is 7. The number of hydrogen-bond donors (Lipinski definition) is 3. The SMILES string of the molecule is Cc1cc(Nc2ncnc(N)c2Cl)c(=O)n2c1C(=O)NC21CCN(CCC(F)(F)F)CC1. The van der Waals surface area contributed by atoms with Crippen molar-refractivity contribution in [2.24, 2.45) is 0 Å². The highest BCUT2D eigenvalue weighted by atomic mass is 35.5. The van der Waals surface area contributed by atoms with Crippen molar-refractivity contribution in [3.63, 3.8) is 0 Å². The van der Waals surface area contributed by atoms with E-state index in [-0.39, 0.29) is 40.5 Å². The molecule has 2 aliphatic rings. The van der Waals surface area contributed by atoms with Crippen LogP contribution in [0.5, 0.6) is 0 Å². The molecule has 0 unspecified atom stereocenters. The number of nitrogen functional groups attached to an aromatic ring is 1. The molecule has 4 rings (SSSR count). The van der Waals surface area contributed by atoms with Crippen molar-refractivity contribution in [1.29, 1.82) is 0 Å². The zero-order valence-electron chi connectivity index (χ0n) is 17.1. The van der Waals surface area contributed by atoms with E-state index in [1.807, 2.05) is 0 Å². The van der Waals surface area contributed by atoms with Crippen LogP contribution in [0.4, 0.5) is 30.5 Å². The molecule has 1 amide bonds. The number of nitrogens with zero attached hydrogens (tertiary/aromatic N) is 4. The predicted molar refractivity (Wildman–Crippen MR) is 112 cm³/mol. The summed E-state index contributed by atoms with van der Waals surface area (Å²) < 4.78 is 39.1. The number of nitrogens with two attached hydrogens (primary N) is 1. The Balaban J connectivity index is 1.65. The lowest BCUT2D eigenvalue weighted by molar-refractivity contribution is -0.139. The highest BCUT2D eigenvalue weighted by Crippen LogP contribution is 2.35. The van der Waals surface area contributed by atoms with E-state index in [1.165, 1.54) is 17.0 Å². The summed E-state index contributed by atoms with van der Waals surface area (Å²) >= 11 is 6.12. The van der Waals surface area contributed by atoms with Crippen LogP contribution in [0.25, 0.3) is 0 Å². The molecule has 13 heteroatoms. The molecule has 172 valence electrons. The molecule has 0 aromatic carbocycles. The van der Waals surface area contributed by atoms with E-state index < -0.39 is 23.8 Å². The van der Waals surface area contributed by atoms with Gasteiger partial charge < -0.3 is 21.3 Å². The van der Waals surface area contributed by atoms with Gasteiger partial charge in [-0.05, 0) is 18.6 Å². The van der Waals surface area contributed by atoms with Crippen molar-refractivity contribution in [2.45, 2.75) is 38.0 Å². The molecule has 1 saturated heterocycles. The fourth-order valence-corrected chi connectivity index (χ4v) is 4.37. The highest BCUT2D eigenvalue weighted by molar-refractivity contribution is 6.35. The number of fused-ring (bicyclic) bond motifs is 2. The number of anilines is 3. The Kier molecular flexibility index (Phi) is 5.53. The third-order valence-corrected chi connectivity index (χ3v) is 6.22. The quantitative estimate of drug-likeness (QED) is 0.626. The first-order valence-corrected chi connectivity index (χ1v) is 10.3. The first kappa shape index (κ1) is 22.3. The van der Waals surface area contributed by atoms with Crippen LogP contribution < -0.4 is 21.9 Å². The Labute approximate surface area is 185 Å². The van der Waals surface area contributed by atoms with E-state index >= 15 is 0 Å². The second kappa shape index (κ2) is 7.93. The van der Waals surface area contributed by atoms with E-state index in [0.29, 0.717) is 31.5 Å². The topological polar surface area (TPSA) is 118 Å². The summed E-state index contributed by atoms with van der Waals surface area (Å²) in [6.45, 7) is 2.20. The van der Waals surface area contributed by atoms with Crippen molar-refractivity contribution in [3.8, 4) is 0 Å². The molecule has 4 heterocycles. The van der Waals surface area contributed by atoms with Crippen molar-refractivity contribution in [3.05, 3.63) is 39.0 Å². The number of amides is 1. The van der Waals surface area contributed by atoms with E-state index in [9.17, 15) is 22.8 Å². The Hall–Kier alpha value is -2.86. The fraction of sp³-hybridized carbons (Fsp3) is 0.474. The number of rotatable bonds is 4. The van der Waals surface area contributed by atoms with Gasteiger partial charge in [0.1, 0.15) is 34.2 Å². The molecule has 2 aromatic rings. The first-order chi connectivity index (χ1) is 15.0. The fourth-order valence-electron chi connectivity index (χ4n) is 4.23. The lowest BCUT2D eigenvalue weighted by Gasteiger charge is -2.40. The molecular formula is C19H21ClF3N7O2. The van der Waals surface area contributed by atoms with E-state index in [4.69, 9.17) is 17.3 Å². The molecule has 0 aliphatic carbocycles. The number of nitrogens with one attached hydrogen (secondary N) is 2. The average Bonchev–Trinajstić information content (AvgIpc) is 3.00. The number of carbonyl (C=O) groups excluding carboxylic acids is 1. The van der Waals surface area contributed by atoms with Gasteiger partial charge in [-0.15, -0.1) is 0 Å². The lowest BCUT2D eigenvalue weighted by Crippen LogP contribution is -2.54. The molecule has 0 saturated carbocycles. The van der Waals surface area contributed by atoms with Crippen LogP contribution in [-0.2, 0) is 5.66 Å². The van der Waals surface area contributed by atoms with Crippen molar-refractivity contribution < 1.29 is 18.0 Å². The Morgan fingerprint density at radius 2 is 1.97 bits per heavy atom. The minimum absolute atomic E-state index is 0.0432. The molecule has 9 nitrogen and oxygen atoms in total. The molecule has 0 atom stereocenters. The van der Waals surface area contributed by atoms with Crippen molar-refractivity contribution >= 4 is 34.8 Å². The van der Waals surface area contributed by atoms with Crippen LogP contribution in [-0.4, -0.2) is 51.2 Å². The molecule has 2 aromatic heterocycles. The number of halogens is 4. The summed E-state index contributed by atoms with van der Waals surface area (Å²) in [7, 11) is 0. The second-order valence-electron chi connectivity index (χ2n) is 7.97. The van der Waals surface area contributed by atoms with Gasteiger partial charge in [-0.3, -0.25) is 14.2 Å². The molecule has 4 N–H and O–H groups in total. The Bertz CT molecular complexity index is 1130. The molecule has 32 heavy (non-hydrogen) atoms. The van der Waals surface area contributed by atoms with Crippen LogP contribution in [0.3, 0.4) is 0 Å². The molecule has 1 spiro atoms. The predicted octanol–water partition coefficient (Wildman–Crippen LogP) is 2.37. The largest absolute Gasteiger partial charge is 0.390 e. The normalized spacial score (nSPS) is 18.0. The van der Waals surface area contributed by atoms with Gasteiger partial charge in [0.25, 0.3) is 11.5 Å². The number of pyridine rings is 1. The van der Waals surface area contributed by atoms with Crippen molar-refractivity contribution in [2.75, 3.05) is 30.7 Å². The molecule has 2 aliphatic heterocycles. The second-order valence-corrected chi connectivity index (χ2v) is 8.35. The summed E-state index contributed by atoms with van der Waals surface area (Å²) in [5.74, 6) is -0.203. The van der Waals surface area contributed by atoms with Crippen LogP contribution in [0.2, 0.25) is 5.02 Å². The highest BCUT2D eigenvalue weighted by Gasteiger charge is 2.46. The van der Waals surface area contributed by atoms with Gasteiger partial charge in [0.2, 0.25) is 0 Å². The minimum Gasteiger partial charge on any atom is -0.382 e. The van der Waals surface area contributed by atoms with Crippen LogP contribution in [0, 0.1) is 6.92 Å². The average molecular weight is 472 g/mol. The maximum Gasteiger partial charge on any atom is 0.390 e. The summed E-state index contributed by atoms with van der Waals surface area (Å²) in [6.07, 6.45) is -3.34. The number of alkyl halides is 3. The van der Waals surface area contributed by atoms with Gasteiger partial charge in [0.05, 0.1) is 6.42 Å². The number of likely N-dealkylation sites (tertiary alicyclic amines) is 1. The minimum atomic E-state index is -4.23. The van der Waals surface area contributed by atoms with Gasteiger partial charge in [0, 0.05) is 32.5 Å². The van der Waals surface area contributed by atoms with Crippen LogP contribution >= 0.6 is 11.6 Å². The summed E-state index contributed by atoms with van der Waals surface area (Å²) in [6, 6.07) is 1.53. The van der Waals surface area contributed by atoms with Crippen LogP contribution in [0.1, 0.15) is 35.3 Å². The Morgan fingerprint density at radius 1 is 1.28 bits per heavy atom. The smallest absolute Gasteiger partial charge is 0.382 e. The van der Waals surface area contributed by atoms with Gasteiger partial charge in [-0.1, -0.05) is 11.6 Å². The number of aryl methyl sites for hydroxylation is 1. The van der Waals surface area contributed by atoms with Gasteiger partial charge >= 0.3 is 6.18 Å². The van der Waals surface area contributed by atoms with E-state index in [0.717, 1.165) is 0 Å². The zero-order chi connectivity index (χ0) is 23.3. The zero-order valence-corrected chi connectivity index (χ0v) is 17.8. The van der Waals surface area contributed by atoms with Crippen molar-refractivity contribution in [1.82, 2.24) is 24.8 Å². The monoisotopic (exact) mass is 471 g/mol. The molecule has 1 fully saturated rings. The summed E-state index contributed by atoms with van der Waals surface area (Å²) in [5, 5.41) is 5.81. The summed E-state index contributed by atoms with van der Waals surface area (Å²) in [4.78, 5) is 35.6. The van der Waals surface area contributed by atoms with E-state index in [1.54, 1.807) is 11.8 Å². The lowest BCUT2D eigenvalue weighted by atomic mass is 9.96. The molecular weight excluding hydrogens is 451 g/mol. The van der Waals surface area contributed by atoms with E-state index in [2.05, 4.69) is 20.6 Å². The number of aromatic nitrogens is 3. The van der Waals surface area contributed by atoms with Crippen LogP contribution in [0.15, 0.2) is 17.2 Å². The Morgan fingerprint density at radius 3 is 2.62 bits per heavy atom. The first-order valence-electron chi connectivity index (χ1n) is 9.92. The summed E-state index contributed by atoms with van der Waals surface area (Å²) in [5.41, 5.74) is 5.14. The number of carbonyl (C=O) groups is 1. The van der Waals surface area contributed by atoms with Gasteiger partial charge in [-0.25, -0.2) is 9.97 Å². The molecule has 0 radical (unpaired) electrons. The third-order valence-electron chi connectivity index (χ3n) is 5.85. The standard InChI is InChI=1S/C19H21ClF3N7O2/c1-10-8-11(27-15-12(20)14(24)25-9-26-15)17(32)30-13(10)16(31)28-18(30)2-5-29(6-3-18)7-4-19(21,22)23/h8-9H,2-7H2,1H3,(H,28,31)(H3,24,25,26,27). The van der Waals surface area contributed by atoms with Gasteiger partial charge in [0.15, 0.2) is 5.82 Å². The maximum atomic E-state index is 13.4.